The molecule has 0 atom stereocenters. The third-order valence-corrected chi connectivity index (χ3v) is 4.69. The highest BCUT2D eigenvalue weighted by Gasteiger charge is 2.13. The lowest BCUT2D eigenvalue weighted by Crippen LogP contribution is -2.34. The fourth-order valence-electron chi connectivity index (χ4n) is 1.96. The van der Waals surface area contributed by atoms with Crippen LogP contribution in [0.4, 0.5) is 0 Å². The normalized spacial score (nSPS) is 11.0. The van der Waals surface area contributed by atoms with Crippen molar-refractivity contribution in [2.75, 3.05) is 13.2 Å². The Morgan fingerprint density at radius 3 is 2.33 bits per heavy atom. The monoisotopic (exact) mass is 349 g/mol. The number of nitrogens with two attached hydrogens (primary N) is 1. The molecular weight excluding hydrogens is 330 g/mol. The Bertz CT molecular complexity index is 762. The molecule has 8 heteroatoms. The number of amides is 1. The summed E-state index contributed by atoms with van der Waals surface area (Å²) in [6, 6.07) is 15.4. The smallest absolute Gasteiger partial charge is 0.271 e. The first kappa shape index (κ1) is 17.9. The first-order chi connectivity index (χ1) is 11.5. The Kier molecular flexibility index (Phi) is 6.30. The van der Waals surface area contributed by atoms with E-state index in [9.17, 15) is 13.2 Å². The molecule has 0 aliphatic heterocycles. The fourth-order valence-corrected chi connectivity index (χ4v) is 3.00. The number of sulfonamides is 1. The molecule has 0 aliphatic rings. The van der Waals surface area contributed by atoms with Gasteiger partial charge in [-0.25, -0.2) is 19.0 Å². The molecule has 1 amide bonds. The summed E-state index contributed by atoms with van der Waals surface area (Å²) < 4.78 is 32.1. The lowest BCUT2D eigenvalue weighted by atomic mass is 10.2. The number of ether oxygens (including phenoxy) is 1. The summed E-state index contributed by atoms with van der Waals surface area (Å²) >= 11 is 0. The second kappa shape index (κ2) is 8.44. The van der Waals surface area contributed by atoms with E-state index in [2.05, 4.69) is 4.72 Å². The SMILES string of the molecule is NNC(=O)COc1ccc(S(=O)(=O)NCCc2ccccc2)cc1. The van der Waals surface area contributed by atoms with E-state index < -0.39 is 15.9 Å². The van der Waals surface area contributed by atoms with Gasteiger partial charge in [0, 0.05) is 6.54 Å². The summed E-state index contributed by atoms with van der Waals surface area (Å²) in [7, 11) is -3.59. The van der Waals surface area contributed by atoms with E-state index >= 15 is 0 Å². The molecule has 128 valence electrons. The molecule has 0 spiro atoms. The molecule has 4 N–H and O–H groups in total. The van der Waals surface area contributed by atoms with E-state index in [4.69, 9.17) is 10.6 Å². The maximum absolute atomic E-state index is 12.2. The van der Waals surface area contributed by atoms with Gasteiger partial charge in [-0.3, -0.25) is 10.2 Å². The Labute approximate surface area is 140 Å². The zero-order valence-corrected chi connectivity index (χ0v) is 13.8. The molecule has 2 aromatic carbocycles. The number of hydrogen-bond acceptors (Lipinski definition) is 5. The standard InChI is InChI=1S/C16H19N3O4S/c17-19-16(20)12-23-14-6-8-15(9-7-14)24(21,22)18-11-10-13-4-2-1-3-5-13/h1-9,18H,10-12,17H2,(H,19,20). The van der Waals surface area contributed by atoms with Gasteiger partial charge in [-0.1, -0.05) is 30.3 Å². The van der Waals surface area contributed by atoms with Crippen LogP contribution in [0.3, 0.4) is 0 Å². The minimum atomic E-state index is -3.59. The van der Waals surface area contributed by atoms with E-state index in [0.29, 0.717) is 18.7 Å². The van der Waals surface area contributed by atoms with E-state index in [-0.39, 0.29) is 11.5 Å². The molecule has 0 bridgehead atoms. The minimum absolute atomic E-state index is 0.131. The van der Waals surface area contributed by atoms with Gasteiger partial charge in [0.05, 0.1) is 4.90 Å². The first-order valence-corrected chi connectivity index (χ1v) is 8.75. The molecular formula is C16H19N3O4S. The van der Waals surface area contributed by atoms with Crippen molar-refractivity contribution in [2.24, 2.45) is 5.84 Å². The summed E-state index contributed by atoms with van der Waals surface area (Å²) in [4.78, 5) is 11.1. The second-order valence-corrected chi connectivity index (χ2v) is 6.73. The van der Waals surface area contributed by atoms with Gasteiger partial charge >= 0.3 is 0 Å². The van der Waals surface area contributed by atoms with E-state index in [1.165, 1.54) is 24.3 Å². The van der Waals surface area contributed by atoms with Crippen molar-refractivity contribution >= 4 is 15.9 Å². The van der Waals surface area contributed by atoms with E-state index in [1.807, 2.05) is 35.8 Å². The first-order valence-electron chi connectivity index (χ1n) is 7.27. The van der Waals surface area contributed by atoms with Gasteiger partial charge < -0.3 is 4.74 Å². The van der Waals surface area contributed by atoms with Gasteiger partial charge in [0.15, 0.2) is 6.61 Å². The second-order valence-electron chi connectivity index (χ2n) is 4.96. The van der Waals surface area contributed by atoms with Gasteiger partial charge in [0.25, 0.3) is 5.91 Å². The molecule has 0 saturated carbocycles. The van der Waals surface area contributed by atoms with Crippen molar-refractivity contribution < 1.29 is 17.9 Å². The Morgan fingerprint density at radius 1 is 1.04 bits per heavy atom. The average Bonchev–Trinajstić information content (AvgIpc) is 2.60. The molecule has 0 aromatic heterocycles. The number of rotatable bonds is 8. The van der Waals surface area contributed by atoms with Crippen LogP contribution in [0.1, 0.15) is 5.56 Å². The zero-order valence-electron chi connectivity index (χ0n) is 12.9. The number of benzene rings is 2. The molecule has 2 rings (SSSR count). The van der Waals surface area contributed by atoms with Gasteiger partial charge in [0.2, 0.25) is 10.0 Å². The van der Waals surface area contributed by atoms with Crippen LogP contribution in [-0.2, 0) is 21.2 Å². The number of hydrogen-bond donors (Lipinski definition) is 3. The van der Waals surface area contributed by atoms with Crippen molar-refractivity contribution in [3.63, 3.8) is 0 Å². The Balaban J connectivity index is 1.90. The summed E-state index contributed by atoms with van der Waals surface area (Å²) in [5.74, 6) is 4.84. The molecule has 0 unspecified atom stereocenters. The topological polar surface area (TPSA) is 111 Å². The molecule has 0 radical (unpaired) electrons. The van der Waals surface area contributed by atoms with Crippen LogP contribution in [0.5, 0.6) is 5.75 Å². The van der Waals surface area contributed by atoms with Crippen molar-refractivity contribution in [3.05, 3.63) is 60.2 Å². The van der Waals surface area contributed by atoms with Crippen LogP contribution < -0.4 is 20.7 Å². The lowest BCUT2D eigenvalue weighted by Gasteiger charge is -2.08. The van der Waals surface area contributed by atoms with Crippen molar-refractivity contribution in [2.45, 2.75) is 11.3 Å². The third-order valence-electron chi connectivity index (χ3n) is 3.21. The van der Waals surface area contributed by atoms with E-state index in [0.717, 1.165) is 5.56 Å². The lowest BCUT2D eigenvalue weighted by molar-refractivity contribution is -0.123. The maximum atomic E-state index is 12.2. The molecule has 0 saturated heterocycles. The van der Waals surface area contributed by atoms with Gasteiger partial charge in [0.1, 0.15) is 5.75 Å². The summed E-state index contributed by atoms with van der Waals surface area (Å²) in [6.45, 7) is 0.0686. The van der Waals surface area contributed by atoms with Crippen molar-refractivity contribution in [3.8, 4) is 5.75 Å². The van der Waals surface area contributed by atoms with Crippen LogP contribution in [0.2, 0.25) is 0 Å². The predicted molar refractivity (Wildman–Crippen MR) is 89.6 cm³/mol. The molecule has 7 nitrogen and oxygen atoms in total. The summed E-state index contributed by atoms with van der Waals surface area (Å²) in [6.07, 6.45) is 0.607. The van der Waals surface area contributed by atoms with Gasteiger partial charge in [-0.15, -0.1) is 0 Å². The van der Waals surface area contributed by atoms with Crippen LogP contribution in [0, 0.1) is 0 Å². The zero-order chi connectivity index (χ0) is 17.4. The number of nitrogens with one attached hydrogen (secondary N) is 2. The van der Waals surface area contributed by atoms with Crippen LogP contribution in [-0.4, -0.2) is 27.5 Å². The fraction of sp³-hybridized carbons (Fsp3) is 0.188. The van der Waals surface area contributed by atoms with Gasteiger partial charge in [-0.2, -0.15) is 0 Å². The van der Waals surface area contributed by atoms with Crippen LogP contribution in [0.25, 0.3) is 0 Å². The average molecular weight is 349 g/mol. The summed E-state index contributed by atoms with van der Waals surface area (Å²) in [5.41, 5.74) is 3.00. The van der Waals surface area contributed by atoms with Crippen LogP contribution in [0.15, 0.2) is 59.5 Å². The van der Waals surface area contributed by atoms with E-state index in [1.54, 1.807) is 0 Å². The molecule has 0 heterocycles. The highest BCUT2D eigenvalue weighted by Crippen LogP contribution is 2.15. The molecule has 0 fully saturated rings. The number of hydrazine groups is 1. The maximum Gasteiger partial charge on any atom is 0.271 e. The number of carbonyl (C=O) groups excluding carboxylic acids is 1. The quantitative estimate of drug-likeness (QED) is 0.367. The highest BCUT2D eigenvalue weighted by atomic mass is 32.2. The largest absolute Gasteiger partial charge is 0.484 e. The predicted octanol–water partition coefficient (Wildman–Crippen LogP) is 0.576. The van der Waals surface area contributed by atoms with Crippen molar-refractivity contribution in [1.82, 2.24) is 10.1 Å². The van der Waals surface area contributed by atoms with Crippen LogP contribution >= 0.6 is 0 Å². The van der Waals surface area contributed by atoms with Crippen molar-refractivity contribution in [1.29, 1.82) is 0 Å². The Hall–Kier alpha value is -2.42. The molecule has 24 heavy (non-hydrogen) atoms. The highest BCUT2D eigenvalue weighted by molar-refractivity contribution is 7.89. The Morgan fingerprint density at radius 2 is 1.71 bits per heavy atom. The summed E-state index contributed by atoms with van der Waals surface area (Å²) in [5, 5.41) is 0. The minimum Gasteiger partial charge on any atom is -0.484 e. The van der Waals surface area contributed by atoms with Gasteiger partial charge in [-0.05, 0) is 36.2 Å². The third kappa shape index (κ3) is 5.34. The number of carbonyl (C=O) groups is 1. The molecule has 0 aliphatic carbocycles. The molecule has 2 aromatic rings.